The van der Waals surface area contributed by atoms with E-state index < -0.39 is 10.0 Å². The molecule has 2 heterocycles. The number of hydrogen-bond acceptors (Lipinski definition) is 5. The van der Waals surface area contributed by atoms with Crippen molar-refractivity contribution in [2.24, 2.45) is 0 Å². The van der Waals surface area contributed by atoms with Gasteiger partial charge in [0, 0.05) is 49.7 Å². The van der Waals surface area contributed by atoms with Gasteiger partial charge in [0.1, 0.15) is 5.82 Å². The third-order valence-electron chi connectivity index (χ3n) is 4.64. The van der Waals surface area contributed by atoms with Gasteiger partial charge in [-0.2, -0.15) is 0 Å². The fourth-order valence-electron chi connectivity index (χ4n) is 3.16. The average Bonchev–Trinajstić information content (AvgIpc) is 2.61. The zero-order valence-corrected chi connectivity index (χ0v) is 16.3. The molecule has 1 aromatic carbocycles. The summed E-state index contributed by atoms with van der Waals surface area (Å²) in [6, 6.07) is 12.0. The Bertz CT molecular complexity index is 825. The molecule has 1 aliphatic rings. The average molecular weight is 375 g/mol. The Morgan fingerprint density at radius 3 is 2.08 bits per heavy atom. The van der Waals surface area contributed by atoms with Crippen LogP contribution in [0.5, 0.6) is 0 Å². The first-order valence-corrected chi connectivity index (χ1v) is 10.7. The number of rotatable bonds is 5. The van der Waals surface area contributed by atoms with Crippen LogP contribution < -0.4 is 9.62 Å². The molecule has 1 saturated heterocycles. The van der Waals surface area contributed by atoms with Crippen molar-refractivity contribution < 1.29 is 8.42 Å². The van der Waals surface area contributed by atoms with E-state index in [9.17, 15) is 8.42 Å². The summed E-state index contributed by atoms with van der Waals surface area (Å²) in [5, 5.41) is 0. The number of anilines is 2. The van der Waals surface area contributed by atoms with Crippen LogP contribution in [0.4, 0.5) is 11.5 Å². The summed E-state index contributed by atoms with van der Waals surface area (Å²) in [6.45, 7) is 8.59. The molecule has 26 heavy (non-hydrogen) atoms. The molecule has 1 aromatic heterocycles. The molecule has 6 nitrogen and oxygen atoms in total. The molecule has 1 fully saturated rings. The normalized spacial score (nSPS) is 16.1. The van der Waals surface area contributed by atoms with E-state index >= 15 is 0 Å². The summed E-state index contributed by atoms with van der Waals surface area (Å²) >= 11 is 0. The smallest absolute Gasteiger partial charge is 0.229 e. The van der Waals surface area contributed by atoms with Crippen molar-refractivity contribution in [1.29, 1.82) is 0 Å². The summed E-state index contributed by atoms with van der Waals surface area (Å²) in [6.07, 6.45) is 3.02. The molecular weight excluding hydrogens is 348 g/mol. The van der Waals surface area contributed by atoms with Crippen molar-refractivity contribution in [3.63, 3.8) is 0 Å². The Morgan fingerprint density at radius 1 is 0.962 bits per heavy atom. The van der Waals surface area contributed by atoms with Gasteiger partial charge in [0.25, 0.3) is 0 Å². The van der Waals surface area contributed by atoms with Gasteiger partial charge in [-0.25, -0.2) is 13.4 Å². The van der Waals surface area contributed by atoms with Gasteiger partial charge in [-0.3, -0.25) is 9.62 Å². The molecule has 0 bridgehead atoms. The van der Waals surface area contributed by atoms with Crippen molar-refractivity contribution in [3.05, 3.63) is 42.6 Å². The standard InChI is InChI=1S/C19H26N4O2S/c1-15(2)22-10-12-23(13-11-22)19-9-6-17(14-20-19)16-4-7-18(8-5-16)21-26(3,24)25/h4-9,14-15,21H,10-13H2,1-3H3. The summed E-state index contributed by atoms with van der Waals surface area (Å²) in [5.74, 6) is 1.01. The van der Waals surface area contributed by atoms with Crippen LogP contribution in [-0.4, -0.2) is 56.8 Å². The lowest BCUT2D eigenvalue weighted by atomic mass is 10.1. The zero-order valence-electron chi connectivity index (χ0n) is 15.5. The van der Waals surface area contributed by atoms with Crippen LogP contribution in [0.25, 0.3) is 11.1 Å². The predicted molar refractivity (Wildman–Crippen MR) is 107 cm³/mol. The molecular formula is C19H26N4O2S. The largest absolute Gasteiger partial charge is 0.354 e. The monoisotopic (exact) mass is 374 g/mol. The van der Waals surface area contributed by atoms with Crippen LogP contribution in [0.15, 0.2) is 42.6 Å². The van der Waals surface area contributed by atoms with Crippen LogP contribution in [0, 0.1) is 0 Å². The summed E-state index contributed by atoms with van der Waals surface area (Å²) in [4.78, 5) is 9.43. The number of benzene rings is 1. The molecule has 0 unspecified atom stereocenters. The maximum absolute atomic E-state index is 11.3. The van der Waals surface area contributed by atoms with E-state index in [4.69, 9.17) is 0 Å². The lowest BCUT2D eigenvalue weighted by Gasteiger charge is -2.37. The van der Waals surface area contributed by atoms with Crippen molar-refractivity contribution in [2.45, 2.75) is 19.9 Å². The van der Waals surface area contributed by atoms with Gasteiger partial charge in [0.05, 0.1) is 6.26 Å². The van der Waals surface area contributed by atoms with Crippen LogP contribution in [0.1, 0.15) is 13.8 Å². The SMILES string of the molecule is CC(C)N1CCN(c2ccc(-c3ccc(NS(C)(=O)=O)cc3)cn2)CC1. The van der Waals surface area contributed by atoms with Gasteiger partial charge >= 0.3 is 0 Å². The molecule has 140 valence electrons. The van der Waals surface area contributed by atoms with E-state index in [1.807, 2.05) is 18.3 Å². The Kier molecular flexibility index (Phi) is 5.48. The molecule has 0 spiro atoms. The van der Waals surface area contributed by atoms with Crippen LogP contribution in [0.3, 0.4) is 0 Å². The highest BCUT2D eigenvalue weighted by Crippen LogP contribution is 2.23. The van der Waals surface area contributed by atoms with Gasteiger partial charge in [-0.05, 0) is 43.7 Å². The lowest BCUT2D eigenvalue weighted by molar-refractivity contribution is 0.209. The second-order valence-corrected chi connectivity index (χ2v) is 8.72. The summed E-state index contributed by atoms with van der Waals surface area (Å²) < 4.78 is 25.0. The van der Waals surface area contributed by atoms with Gasteiger partial charge in [0.15, 0.2) is 0 Å². The topological polar surface area (TPSA) is 65.5 Å². The molecule has 3 rings (SSSR count). The zero-order chi connectivity index (χ0) is 18.7. The highest BCUT2D eigenvalue weighted by Gasteiger charge is 2.19. The summed E-state index contributed by atoms with van der Waals surface area (Å²) in [5.41, 5.74) is 2.58. The molecule has 0 atom stereocenters. The molecule has 1 N–H and O–H groups in total. The van der Waals surface area contributed by atoms with E-state index in [0.717, 1.165) is 49.4 Å². The first kappa shape index (κ1) is 18.7. The van der Waals surface area contributed by atoms with Gasteiger partial charge in [-0.1, -0.05) is 12.1 Å². The predicted octanol–water partition coefficient (Wildman–Crippen LogP) is 2.65. The Morgan fingerprint density at radius 2 is 1.58 bits per heavy atom. The lowest BCUT2D eigenvalue weighted by Crippen LogP contribution is -2.49. The first-order chi connectivity index (χ1) is 12.3. The van der Waals surface area contributed by atoms with Crippen LogP contribution in [-0.2, 0) is 10.0 Å². The van der Waals surface area contributed by atoms with E-state index in [-0.39, 0.29) is 0 Å². The van der Waals surface area contributed by atoms with Crippen molar-refractivity contribution in [1.82, 2.24) is 9.88 Å². The molecule has 0 aliphatic carbocycles. The highest BCUT2D eigenvalue weighted by molar-refractivity contribution is 7.92. The molecule has 0 saturated carbocycles. The molecule has 2 aromatic rings. The molecule has 0 amide bonds. The van der Waals surface area contributed by atoms with Crippen LogP contribution in [0.2, 0.25) is 0 Å². The Hall–Kier alpha value is -2.12. The quantitative estimate of drug-likeness (QED) is 0.872. The van der Waals surface area contributed by atoms with Gasteiger partial charge in [0.2, 0.25) is 10.0 Å². The van der Waals surface area contributed by atoms with E-state index in [2.05, 4.69) is 45.5 Å². The Labute approximate surface area is 155 Å². The van der Waals surface area contributed by atoms with E-state index in [1.165, 1.54) is 0 Å². The highest BCUT2D eigenvalue weighted by atomic mass is 32.2. The maximum atomic E-state index is 11.3. The van der Waals surface area contributed by atoms with Crippen molar-refractivity contribution >= 4 is 21.5 Å². The number of pyridine rings is 1. The number of sulfonamides is 1. The fourth-order valence-corrected chi connectivity index (χ4v) is 3.72. The van der Waals surface area contributed by atoms with Gasteiger partial charge < -0.3 is 4.90 Å². The van der Waals surface area contributed by atoms with Gasteiger partial charge in [-0.15, -0.1) is 0 Å². The minimum absolute atomic E-state index is 0.559. The fraction of sp³-hybridized carbons (Fsp3) is 0.421. The number of nitrogens with zero attached hydrogens (tertiary/aromatic N) is 3. The number of piperazine rings is 1. The number of aromatic nitrogens is 1. The third-order valence-corrected chi connectivity index (χ3v) is 5.24. The number of hydrogen-bond donors (Lipinski definition) is 1. The second kappa shape index (κ2) is 7.63. The molecule has 1 aliphatic heterocycles. The van der Waals surface area contributed by atoms with Crippen molar-refractivity contribution in [2.75, 3.05) is 42.1 Å². The second-order valence-electron chi connectivity index (χ2n) is 6.97. The Balaban J connectivity index is 1.66. The maximum Gasteiger partial charge on any atom is 0.229 e. The summed E-state index contributed by atoms with van der Waals surface area (Å²) in [7, 11) is -3.25. The number of nitrogens with one attached hydrogen (secondary N) is 1. The van der Waals surface area contributed by atoms with Crippen LogP contribution >= 0.6 is 0 Å². The first-order valence-electron chi connectivity index (χ1n) is 8.85. The molecule has 0 radical (unpaired) electrons. The third kappa shape index (κ3) is 4.74. The minimum atomic E-state index is -3.25. The minimum Gasteiger partial charge on any atom is -0.354 e. The molecule has 7 heteroatoms. The van der Waals surface area contributed by atoms with E-state index in [1.54, 1.807) is 12.1 Å². The van der Waals surface area contributed by atoms with Crippen molar-refractivity contribution in [3.8, 4) is 11.1 Å². The van der Waals surface area contributed by atoms with E-state index in [0.29, 0.717) is 11.7 Å².